The molecule has 2 aromatic rings. The number of amides is 1. The van der Waals surface area contributed by atoms with Crippen LogP contribution in [0.1, 0.15) is 5.56 Å². The molecule has 1 atom stereocenters. The predicted octanol–water partition coefficient (Wildman–Crippen LogP) is 3.58. The SMILES string of the molecule is C=CC(=O)NCC1Cc2ccccc2N(c2ccc(F)cc2F)C1. The fourth-order valence-corrected chi connectivity index (χ4v) is 3.06. The number of fused-ring (bicyclic) bond motifs is 1. The summed E-state index contributed by atoms with van der Waals surface area (Å²) in [6.07, 6.45) is 2.01. The number of rotatable bonds is 4. The van der Waals surface area contributed by atoms with Gasteiger partial charge in [0.2, 0.25) is 5.91 Å². The summed E-state index contributed by atoms with van der Waals surface area (Å²) in [5.41, 5.74) is 2.32. The van der Waals surface area contributed by atoms with Crippen molar-refractivity contribution in [3.8, 4) is 0 Å². The van der Waals surface area contributed by atoms with Crippen LogP contribution in [-0.2, 0) is 11.2 Å². The Kier molecular flexibility index (Phi) is 4.60. The molecule has 0 fully saturated rings. The van der Waals surface area contributed by atoms with Crippen molar-refractivity contribution in [3.05, 3.63) is 72.3 Å². The zero-order valence-corrected chi connectivity index (χ0v) is 13.1. The summed E-state index contributed by atoms with van der Waals surface area (Å²) >= 11 is 0. The summed E-state index contributed by atoms with van der Waals surface area (Å²) in [4.78, 5) is 13.2. The minimum atomic E-state index is -0.601. The van der Waals surface area contributed by atoms with E-state index in [1.165, 1.54) is 18.2 Å². The van der Waals surface area contributed by atoms with Gasteiger partial charge in [0.25, 0.3) is 0 Å². The van der Waals surface area contributed by atoms with E-state index in [9.17, 15) is 13.6 Å². The Bertz CT molecular complexity index is 776. The van der Waals surface area contributed by atoms with Gasteiger partial charge in [0.05, 0.1) is 5.69 Å². The van der Waals surface area contributed by atoms with E-state index in [1.807, 2.05) is 29.2 Å². The molecule has 1 heterocycles. The lowest BCUT2D eigenvalue weighted by Gasteiger charge is -2.36. The second kappa shape index (κ2) is 6.83. The first-order valence-electron chi connectivity index (χ1n) is 7.79. The molecule has 1 amide bonds. The third-order valence-corrected chi connectivity index (χ3v) is 4.18. The number of hydrogen-bond donors (Lipinski definition) is 1. The Morgan fingerprint density at radius 1 is 1.25 bits per heavy atom. The molecule has 5 heteroatoms. The molecule has 0 spiro atoms. The van der Waals surface area contributed by atoms with E-state index in [2.05, 4.69) is 11.9 Å². The maximum Gasteiger partial charge on any atom is 0.243 e. The van der Waals surface area contributed by atoms with Gasteiger partial charge in [-0.05, 0) is 42.2 Å². The van der Waals surface area contributed by atoms with Gasteiger partial charge in [-0.1, -0.05) is 24.8 Å². The van der Waals surface area contributed by atoms with E-state index in [1.54, 1.807) is 0 Å². The number of para-hydroxylation sites is 1. The molecule has 0 saturated heterocycles. The van der Waals surface area contributed by atoms with Crippen molar-refractivity contribution in [1.82, 2.24) is 5.32 Å². The highest BCUT2D eigenvalue weighted by Crippen LogP contribution is 2.36. The van der Waals surface area contributed by atoms with E-state index in [0.717, 1.165) is 23.7 Å². The van der Waals surface area contributed by atoms with Crippen LogP contribution in [0.15, 0.2) is 55.1 Å². The number of carbonyl (C=O) groups excluding carboxylic acids is 1. The molecule has 0 saturated carbocycles. The van der Waals surface area contributed by atoms with E-state index in [-0.39, 0.29) is 11.8 Å². The van der Waals surface area contributed by atoms with Gasteiger partial charge in [0.15, 0.2) is 0 Å². The number of halogens is 2. The highest BCUT2D eigenvalue weighted by molar-refractivity contribution is 5.86. The van der Waals surface area contributed by atoms with Crippen molar-refractivity contribution in [2.45, 2.75) is 6.42 Å². The highest BCUT2D eigenvalue weighted by atomic mass is 19.1. The molecule has 1 unspecified atom stereocenters. The van der Waals surface area contributed by atoms with Crippen molar-refractivity contribution in [3.63, 3.8) is 0 Å². The molecule has 0 bridgehead atoms. The number of nitrogens with one attached hydrogen (secondary N) is 1. The number of carbonyl (C=O) groups is 1. The second-order valence-electron chi connectivity index (χ2n) is 5.85. The Morgan fingerprint density at radius 3 is 2.79 bits per heavy atom. The lowest BCUT2D eigenvalue weighted by atomic mass is 9.92. The van der Waals surface area contributed by atoms with E-state index < -0.39 is 11.6 Å². The summed E-state index contributed by atoms with van der Waals surface area (Å²) in [5, 5.41) is 2.79. The molecular formula is C19H18F2N2O. The normalized spacial score (nSPS) is 16.4. The van der Waals surface area contributed by atoms with E-state index in [0.29, 0.717) is 18.8 Å². The lowest BCUT2D eigenvalue weighted by molar-refractivity contribution is -0.116. The van der Waals surface area contributed by atoms with Crippen LogP contribution in [0.4, 0.5) is 20.2 Å². The minimum absolute atomic E-state index is 0.119. The maximum absolute atomic E-state index is 14.3. The van der Waals surface area contributed by atoms with Gasteiger partial charge in [0, 0.05) is 24.8 Å². The van der Waals surface area contributed by atoms with Crippen LogP contribution in [0.3, 0.4) is 0 Å². The van der Waals surface area contributed by atoms with Crippen molar-refractivity contribution >= 4 is 17.3 Å². The van der Waals surface area contributed by atoms with E-state index in [4.69, 9.17) is 0 Å². The first-order valence-corrected chi connectivity index (χ1v) is 7.79. The molecule has 124 valence electrons. The number of nitrogens with zero attached hydrogens (tertiary/aromatic N) is 1. The Balaban J connectivity index is 1.91. The van der Waals surface area contributed by atoms with Crippen LogP contribution in [0.5, 0.6) is 0 Å². The number of hydrogen-bond acceptors (Lipinski definition) is 2. The van der Waals surface area contributed by atoms with Crippen molar-refractivity contribution in [2.24, 2.45) is 5.92 Å². The van der Waals surface area contributed by atoms with Crippen molar-refractivity contribution < 1.29 is 13.6 Å². The molecule has 1 aliphatic heterocycles. The summed E-state index contributed by atoms with van der Waals surface area (Å²) in [6.45, 7) is 4.44. The second-order valence-corrected chi connectivity index (χ2v) is 5.85. The minimum Gasteiger partial charge on any atom is -0.352 e. The van der Waals surface area contributed by atoms with Crippen LogP contribution in [0, 0.1) is 17.6 Å². The molecule has 0 aliphatic carbocycles. The third-order valence-electron chi connectivity index (χ3n) is 4.18. The van der Waals surface area contributed by atoms with Gasteiger partial charge >= 0.3 is 0 Å². The van der Waals surface area contributed by atoms with Crippen molar-refractivity contribution in [1.29, 1.82) is 0 Å². The molecular weight excluding hydrogens is 310 g/mol. The van der Waals surface area contributed by atoms with Crippen molar-refractivity contribution in [2.75, 3.05) is 18.0 Å². The van der Waals surface area contributed by atoms with Gasteiger partial charge < -0.3 is 10.2 Å². The topological polar surface area (TPSA) is 32.3 Å². The monoisotopic (exact) mass is 328 g/mol. The largest absolute Gasteiger partial charge is 0.352 e. The maximum atomic E-state index is 14.3. The first-order chi connectivity index (χ1) is 11.6. The molecule has 1 aliphatic rings. The van der Waals surface area contributed by atoms with Gasteiger partial charge in [-0.25, -0.2) is 8.78 Å². The fraction of sp³-hybridized carbons (Fsp3) is 0.211. The highest BCUT2D eigenvalue weighted by Gasteiger charge is 2.27. The van der Waals surface area contributed by atoms with Gasteiger partial charge in [0.1, 0.15) is 11.6 Å². The van der Waals surface area contributed by atoms with Gasteiger partial charge in [-0.3, -0.25) is 4.79 Å². The average Bonchev–Trinajstić information content (AvgIpc) is 2.59. The Morgan fingerprint density at radius 2 is 2.04 bits per heavy atom. The van der Waals surface area contributed by atoms with Gasteiger partial charge in [-0.2, -0.15) is 0 Å². The molecule has 3 rings (SSSR count). The summed E-state index contributed by atoms with van der Waals surface area (Å²) in [7, 11) is 0. The summed E-state index contributed by atoms with van der Waals surface area (Å²) in [5.74, 6) is -1.31. The van der Waals surface area contributed by atoms with Crippen LogP contribution in [0.25, 0.3) is 0 Å². The summed E-state index contributed by atoms with van der Waals surface area (Å²) in [6, 6.07) is 11.3. The first kappa shape index (κ1) is 16.2. The standard InChI is InChI=1S/C19H18F2N2O/c1-2-19(24)22-11-13-9-14-5-3-4-6-17(14)23(12-13)18-8-7-15(20)10-16(18)21/h2-8,10,13H,1,9,11-12H2,(H,22,24). The zero-order chi connectivity index (χ0) is 17.1. The van der Waals surface area contributed by atoms with Crippen LogP contribution >= 0.6 is 0 Å². The predicted molar refractivity (Wildman–Crippen MR) is 90.2 cm³/mol. The molecule has 3 nitrogen and oxygen atoms in total. The fourth-order valence-electron chi connectivity index (χ4n) is 3.06. The number of benzene rings is 2. The quantitative estimate of drug-likeness (QED) is 0.870. The molecule has 0 radical (unpaired) electrons. The average molecular weight is 328 g/mol. The zero-order valence-electron chi connectivity index (χ0n) is 13.1. The lowest BCUT2D eigenvalue weighted by Crippen LogP contribution is -2.39. The van der Waals surface area contributed by atoms with Crippen LogP contribution in [0.2, 0.25) is 0 Å². The van der Waals surface area contributed by atoms with Crippen LogP contribution < -0.4 is 10.2 Å². The van der Waals surface area contributed by atoms with Crippen LogP contribution in [-0.4, -0.2) is 19.0 Å². The molecule has 0 aromatic heterocycles. The number of anilines is 2. The van der Waals surface area contributed by atoms with E-state index >= 15 is 0 Å². The smallest absolute Gasteiger partial charge is 0.243 e. The Labute approximate surface area is 139 Å². The molecule has 1 N–H and O–H groups in total. The Hall–Kier alpha value is -2.69. The summed E-state index contributed by atoms with van der Waals surface area (Å²) < 4.78 is 27.5. The third kappa shape index (κ3) is 3.30. The van der Waals surface area contributed by atoms with Gasteiger partial charge in [-0.15, -0.1) is 0 Å². The molecule has 24 heavy (non-hydrogen) atoms. The molecule has 2 aromatic carbocycles.